The van der Waals surface area contributed by atoms with Gasteiger partial charge in [0.15, 0.2) is 12.1 Å². The van der Waals surface area contributed by atoms with Crippen molar-refractivity contribution in [3.63, 3.8) is 0 Å². The summed E-state index contributed by atoms with van der Waals surface area (Å²) < 4.78 is 14.2. The van der Waals surface area contributed by atoms with Crippen molar-refractivity contribution >= 4 is 35.0 Å². The normalized spacial score (nSPS) is 22.9. The number of aromatic amines is 1. The molecule has 1 aromatic carbocycles. The first-order valence-corrected chi connectivity index (χ1v) is 16.1. The number of H-pyrrole nitrogens is 1. The van der Waals surface area contributed by atoms with Crippen LogP contribution in [0.2, 0.25) is 25.7 Å². The van der Waals surface area contributed by atoms with Crippen LogP contribution in [0.3, 0.4) is 0 Å². The van der Waals surface area contributed by atoms with Crippen molar-refractivity contribution in [1.29, 1.82) is 0 Å². The predicted molar refractivity (Wildman–Crippen MR) is 135 cm³/mol. The zero-order valence-electron chi connectivity index (χ0n) is 20.0. The first-order valence-electron chi connectivity index (χ1n) is 11.6. The molecule has 33 heavy (non-hydrogen) atoms. The minimum atomic E-state index is -1.13. The molecule has 2 aromatic heterocycles. The van der Waals surface area contributed by atoms with Crippen LogP contribution in [0.25, 0.3) is 22.6 Å². The molecule has 9 heteroatoms. The van der Waals surface area contributed by atoms with Gasteiger partial charge in [0, 0.05) is 43.1 Å². The fraction of sp³-hybridized carbons (Fsp3) is 0.583. The molecule has 2 N–H and O–H groups in total. The number of methoxy groups -OCH3 is 1. The van der Waals surface area contributed by atoms with Gasteiger partial charge in [-0.25, -0.2) is 9.67 Å². The molecule has 3 aromatic rings. The molecule has 0 bridgehead atoms. The van der Waals surface area contributed by atoms with E-state index in [2.05, 4.69) is 52.2 Å². The lowest BCUT2D eigenvalue weighted by molar-refractivity contribution is -0.0760. The summed E-state index contributed by atoms with van der Waals surface area (Å²) in [6.45, 7) is 10.7. The van der Waals surface area contributed by atoms with Gasteiger partial charge in [0.25, 0.3) is 0 Å². The van der Waals surface area contributed by atoms with Gasteiger partial charge in [-0.3, -0.25) is 0 Å². The van der Waals surface area contributed by atoms with Gasteiger partial charge in [0.1, 0.15) is 12.4 Å². The number of aliphatic hydroxyl groups excluding tert-OH is 1. The molecule has 0 aliphatic heterocycles. The second-order valence-electron chi connectivity index (χ2n) is 11.1. The summed E-state index contributed by atoms with van der Waals surface area (Å²) in [7, 11) is 0.350. The second-order valence-corrected chi connectivity index (χ2v) is 17.7. The molecule has 2 heterocycles. The quantitative estimate of drug-likeness (QED) is 0.234. The van der Waals surface area contributed by atoms with Crippen molar-refractivity contribution in [2.75, 3.05) is 13.7 Å². The Morgan fingerprint density at radius 2 is 2.15 bits per heavy atom. The number of nitrogens with zero attached hydrogens (tertiary/aromatic N) is 3. The minimum Gasteiger partial charge on any atom is -0.364 e. The Bertz CT molecular complexity index is 1200. The number of ether oxygens (including phenoxy) is 2. The predicted octanol–water partition coefficient (Wildman–Crippen LogP) is 5.26. The van der Waals surface area contributed by atoms with Crippen molar-refractivity contribution in [2.24, 2.45) is 11.3 Å². The molecule has 0 amide bonds. The molecule has 178 valence electrons. The van der Waals surface area contributed by atoms with Crippen LogP contribution in [0.5, 0.6) is 0 Å². The van der Waals surface area contributed by atoms with E-state index in [1.165, 1.54) is 24.8 Å². The maximum Gasteiger partial charge on any atom is 0.183 e. The van der Waals surface area contributed by atoms with Crippen LogP contribution in [-0.2, 0) is 29.0 Å². The van der Waals surface area contributed by atoms with E-state index in [1.807, 2.05) is 12.1 Å². The fourth-order valence-electron chi connectivity index (χ4n) is 4.98. The van der Waals surface area contributed by atoms with Gasteiger partial charge < -0.3 is 19.6 Å². The molecular weight excluding hydrogens is 500 g/mol. The SMILES string of the molecule is COC(O)c1cc(Br)cc2[nH]c(-c3nn(COCC[Si](C)(C)C)c4c3C[C@@H]3C[C@]3(C)C4)nc12. The molecule has 1 fully saturated rings. The van der Waals surface area contributed by atoms with Crippen LogP contribution >= 0.6 is 15.9 Å². The van der Waals surface area contributed by atoms with Gasteiger partial charge in [-0.15, -0.1) is 0 Å². The smallest absolute Gasteiger partial charge is 0.183 e. The van der Waals surface area contributed by atoms with E-state index in [0.29, 0.717) is 23.2 Å². The van der Waals surface area contributed by atoms with Crippen molar-refractivity contribution in [3.05, 3.63) is 33.4 Å². The standard InChI is InChI=1S/C24H33BrN4O3Si/c1-24-11-14(24)8-16-19(12-24)29(13-32-6-7-33(3,4)5)28-21(16)22-26-18-10-15(25)9-17(20(18)27-22)23(30)31-2/h9-10,14,23,30H,6-8,11-13H2,1-5H3,(H,26,27)/t14-,23?,24-/m1/s1. The fourth-order valence-corrected chi connectivity index (χ4v) is 6.21. The van der Waals surface area contributed by atoms with E-state index in [4.69, 9.17) is 19.6 Å². The molecule has 0 spiro atoms. The van der Waals surface area contributed by atoms with Gasteiger partial charge in [-0.05, 0) is 48.8 Å². The summed E-state index contributed by atoms with van der Waals surface area (Å²) in [6, 6.07) is 4.96. The highest BCUT2D eigenvalue weighted by atomic mass is 79.9. The Morgan fingerprint density at radius 1 is 1.36 bits per heavy atom. The molecule has 1 saturated carbocycles. The Balaban J connectivity index is 1.51. The van der Waals surface area contributed by atoms with Crippen molar-refractivity contribution in [1.82, 2.24) is 19.7 Å². The first-order chi connectivity index (χ1) is 15.6. The van der Waals surface area contributed by atoms with Gasteiger partial charge >= 0.3 is 0 Å². The highest BCUT2D eigenvalue weighted by Crippen LogP contribution is 2.60. The maximum absolute atomic E-state index is 10.3. The third-order valence-electron chi connectivity index (χ3n) is 7.23. The summed E-state index contributed by atoms with van der Waals surface area (Å²) in [5.74, 6) is 1.45. The molecular formula is C24H33BrN4O3Si. The van der Waals surface area contributed by atoms with Gasteiger partial charge in [0.2, 0.25) is 0 Å². The highest BCUT2D eigenvalue weighted by molar-refractivity contribution is 9.10. The zero-order valence-corrected chi connectivity index (χ0v) is 22.6. The summed E-state index contributed by atoms with van der Waals surface area (Å²) in [5.41, 5.74) is 6.04. The lowest BCUT2D eigenvalue weighted by Gasteiger charge is -2.20. The van der Waals surface area contributed by atoms with Crippen LogP contribution < -0.4 is 0 Å². The number of imidazole rings is 1. The number of hydrogen-bond donors (Lipinski definition) is 2. The summed E-state index contributed by atoms with van der Waals surface area (Å²) in [4.78, 5) is 8.31. The first kappa shape index (κ1) is 23.2. The molecule has 5 rings (SSSR count). The van der Waals surface area contributed by atoms with E-state index in [0.717, 1.165) is 52.9 Å². The van der Waals surface area contributed by atoms with Gasteiger partial charge in [-0.2, -0.15) is 5.10 Å². The monoisotopic (exact) mass is 532 g/mol. The van der Waals surface area contributed by atoms with E-state index >= 15 is 0 Å². The number of benzene rings is 1. The number of rotatable bonds is 8. The van der Waals surface area contributed by atoms with Crippen LogP contribution in [0, 0.1) is 11.3 Å². The van der Waals surface area contributed by atoms with Crippen LogP contribution in [0.4, 0.5) is 0 Å². The second kappa shape index (κ2) is 8.30. The largest absolute Gasteiger partial charge is 0.364 e. The van der Waals surface area contributed by atoms with E-state index < -0.39 is 14.4 Å². The molecule has 7 nitrogen and oxygen atoms in total. The molecule has 0 radical (unpaired) electrons. The molecule has 1 unspecified atom stereocenters. The lowest BCUT2D eigenvalue weighted by atomic mass is 9.87. The Kier molecular flexibility index (Phi) is 5.84. The molecule has 3 atom stereocenters. The summed E-state index contributed by atoms with van der Waals surface area (Å²) >= 11 is 3.53. The number of hydrogen-bond acceptors (Lipinski definition) is 5. The number of aliphatic hydroxyl groups is 1. The average molecular weight is 534 g/mol. The topological polar surface area (TPSA) is 85.2 Å². The number of halogens is 1. The average Bonchev–Trinajstić information content (AvgIpc) is 3.05. The molecule has 0 saturated heterocycles. The van der Waals surface area contributed by atoms with Crippen LogP contribution in [-0.4, -0.2) is 46.6 Å². The number of aromatic nitrogens is 4. The Hall–Kier alpha value is -1.52. The van der Waals surface area contributed by atoms with E-state index in [1.54, 1.807) is 0 Å². The van der Waals surface area contributed by atoms with E-state index in [9.17, 15) is 5.11 Å². The molecule has 2 aliphatic rings. The minimum absolute atomic E-state index is 0.398. The summed E-state index contributed by atoms with van der Waals surface area (Å²) in [5, 5.41) is 15.3. The third kappa shape index (κ3) is 4.46. The van der Waals surface area contributed by atoms with Crippen molar-refractivity contribution in [2.45, 2.75) is 64.9 Å². The third-order valence-corrected chi connectivity index (χ3v) is 9.39. The zero-order chi connectivity index (χ0) is 23.5. The van der Waals surface area contributed by atoms with Crippen molar-refractivity contribution in [3.8, 4) is 11.5 Å². The maximum atomic E-state index is 10.3. The summed E-state index contributed by atoms with van der Waals surface area (Å²) in [6.07, 6.45) is 2.30. The van der Waals surface area contributed by atoms with Gasteiger partial charge in [-0.1, -0.05) is 42.5 Å². The Morgan fingerprint density at radius 3 is 2.88 bits per heavy atom. The Labute approximate surface area is 204 Å². The van der Waals surface area contributed by atoms with Crippen LogP contribution in [0.15, 0.2) is 16.6 Å². The number of fused-ring (bicyclic) bond motifs is 3. The lowest BCUT2D eigenvalue weighted by Crippen LogP contribution is -2.23. The number of nitrogens with one attached hydrogen (secondary N) is 1. The van der Waals surface area contributed by atoms with E-state index in [-0.39, 0.29) is 0 Å². The van der Waals surface area contributed by atoms with Crippen LogP contribution in [0.1, 0.15) is 36.5 Å². The van der Waals surface area contributed by atoms with Gasteiger partial charge in [0.05, 0.1) is 11.0 Å². The highest BCUT2D eigenvalue weighted by Gasteiger charge is 2.54. The molecule has 2 aliphatic carbocycles. The van der Waals surface area contributed by atoms with Crippen molar-refractivity contribution < 1.29 is 14.6 Å².